The maximum Gasteiger partial charge on any atom is 0.134 e. The average molecular weight is 318 g/mol. The third-order valence-electron chi connectivity index (χ3n) is 4.06. The van der Waals surface area contributed by atoms with E-state index in [0.717, 1.165) is 40.1 Å². The molecule has 120 valence electrons. The van der Waals surface area contributed by atoms with Crippen LogP contribution in [0.1, 0.15) is 34.7 Å². The van der Waals surface area contributed by atoms with Gasteiger partial charge in [0.2, 0.25) is 0 Å². The number of benzene rings is 1. The van der Waals surface area contributed by atoms with Gasteiger partial charge >= 0.3 is 0 Å². The lowest BCUT2D eigenvalue weighted by molar-refractivity contribution is 0.396. The largest absolute Gasteiger partial charge is 0.465 e. The second-order valence-corrected chi connectivity index (χ2v) is 5.90. The van der Waals surface area contributed by atoms with Crippen LogP contribution in [0.4, 0.5) is 0 Å². The molecule has 3 heterocycles. The first-order chi connectivity index (χ1) is 11.7. The Labute approximate surface area is 140 Å². The highest BCUT2D eigenvalue weighted by Crippen LogP contribution is 2.36. The zero-order chi connectivity index (χ0) is 16.5. The van der Waals surface area contributed by atoms with Gasteiger partial charge in [-0.05, 0) is 50.2 Å². The van der Waals surface area contributed by atoms with Crippen molar-refractivity contribution in [2.45, 2.75) is 19.8 Å². The minimum Gasteiger partial charge on any atom is -0.465 e. The van der Waals surface area contributed by atoms with Crippen LogP contribution in [0.5, 0.6) is 0 Å². The van der Waals surface area contributed by atoms with Gasteiger partial charge in [0.1, 0.15) is 40.5 Å². The molecule has 3 aromatic heterocycles. The van der Waals surface area contributed by atoms with Crippen molar-refractivity contribution >= 4 is 0 Å². The summed E-state index contributed by atoms with van der Waals surface area (Å²) in [6, 6.07) is 21.9. The van der Waals surface area contributed by atoms with Crippen LogP contribution in [-0.4, -0.2) is 0 Å². The zero-order valence-electron chi connectivity index (χ0n) is 13.7. The van der Waals surface area contributed by atoms with Crippen molar-refractivity contribution in [1.82, 2.24) is 0 Å². The third-order valence-corrected chi connectivity index (χ3v) is 4.06. The van der Waals surface area contributed by atoms with Crippen molar-refractivity contribution in [2.75, 3.05) is 0 Å². The lowest BCUT2D eigenvalue weighted by atomic mass is 10.0. The van der Waals surface area contributed by atoms with E-state index in [1.165, 1.54) is 0 Å². The summed E-state index contributed by atoms with van der Waals surface area (Å²) in [4.78, 5) is 0. The Morgan fingerprint density at radius 1 is 0.583 bits per heavy atom. The van der Waals surface area contributed by atoms with Crippen molar-refractivity contribution in [1.29, 1.82) is 0 Å². The highest BCUT2D eigenvalue weighted by molar-refractivity contribution is 5.57. The van der Waals surface area contributed by atoms with Gasteiger partial charge in [0.05, 0.1) is 0 Å². The summed E-state index contributed by atoms with van der Waals surface area (Å²) in [6.45, 7) is 3.87. The van der Waals surface area contributed by atoms with E-state index >= 15 is 0 Å². The molecule has 4 rings (SSSR count). The fourth-order valence-corrected chi connectivity index (χ4v) is 2.90. The quantitative estimate of drug-likeness (QED) is 0.468. The SMILES string of the molecule is Cc1ccc(C(c2ccc(C)o2)c2ccc(-c3ccccc3)o2)o1. The van der Waals surface area contributed by atoms with Crippen molar-refractivity contribution in [3.63, 3.8) is 0 Å². The summed E-state index contributed by atoms with van der Waals surface area (Å²) in [5.74, 6) is 4.82. The molecule has 0 atom stereocenters. The van der Waals surface area contributed by atoms with Crippen LogP contribution in [0.25, 0.3) is 11.3 Å². The predicted molar refractivity (Wildman–Crippen MR) is 92.0 cm³/mol. The van der Waals surface area contributed by atoms with E-state index < -0.39 is 0 Å². The van der Waals surface area contributed by atoms with Crippen LogP contribution >= 0.6 is 0 Å². The molecule has 0 spiro atoms. The Kier molecular flexibility index (Phi) is 3.62. The van der Waals surface area contributed by atoms with Crippen LogP contribution in [0.2, 0.25) is 0 Å². The lowest BCUT2D eigenvalue weighted by Crippen LogP contribution is -1.99. The Morgan fingerprint density at radius 2 is 1.12 bits per heavy atom. The van der Waals surface area contributed by atoms with Gasteiger partial charge in [-0.2, -0.15) is 0 Å². The van der Waals surface area contributed by atoms with Crippen LogP contribution in [0, 0.1) is 13.8 Å². The maximum absolute atomic E-state index is 6.14. The van der Waals surface area contributed by atoms with Crippen LogP contribution < -0.4 is 0 Å². The molecule has 0 saturated heterocycles. The Morgan fingerprint density at radius 3 is 1.67 bits per heavy atom. The molecule has 0 fully saturated rings. The molecule has 0 amide bonds. The summed E-state index contributed by atoms with van der Waals surface area (Å²) < 4.78 is 17.9. The van der Waals surface area contributed by atoms with Crippen molar-refractivity contribution in [3.05, 3.63) is 95.5 Å². The van der Waals surface area contributed by atoms with Gasteiger partial charge in [0, 0.05) is 5.56 Å². The van der Waals surface area contributed by atoms with Crippen LogP contribution in [0.3, 0.4) is 0 Å². The van der Waals surface area contributed by atoms with Crippen LogP contribution in [0.15, 0.2) is 80.0 Å². The van der Waals surface area contributed by atoms with E-state index in [4.69, 9.17) is 13.3 Å². The predicted octanol–water partition coefficient (Wildman–Crippen LogP) is 5.93. The lowest BCUT2D eigenvalue weighted by Gasteiger charge is -2.09. The summed E-state index contributed by atoms with van der Waals surface area (Å²) in [7, 11) is 0. The first kappa shape index (κ1) is 14.6. The zero-order valence-corrected chi connectivity index (χ0v) is 13.7. The second kappa shape index (κ2) is 5.93. The smallest absolute Gasteiger partial charge is 0.134 e. The van der Waals surface area contributed by atoms with Crippen molar-refractivity contribution in [2.24, 2.45) is 0 Å². The molecule has 0 aliphatic rings. The fraction of sp³-hybridized carbons (Fsp3) is 0.143. The van der Waals surface area contributed by atoms with Gasteiger partial charge in [-0.3, -0.25) is 0 Å². The minimum atomic E-state index is -0.190. The topological polar surface area (TPSA) is 39.4 Å². The van der Waals surface area contributed by atoms with E-state index in [9.17, 15) is 0 Å². The summed E-state index contributed by atoms with van der Waals surface area (Å²) >= 11 is 0. The van der Waals surface area contributed by atoms with Gasteiger partial charge in [-0.15, -0.1) is 0 Å². The molecule has 0 N–H and O–H groups in total. The number of aryl methyl sites for hydroxylation is 2. The fourth-order valence-electron chi connectivity index (χ4n) is 2.90. The Bertz CT molecular complexity index is 900. The number of hydrogen-bond acceptors (Lipinski definition) is 3. The molecule has 0 radical (unpaired) electrons. The van der Waals surface area contributed by atoms with Gasteiger partial charge in [0.25, 0.3) is 0 Å². The van der Waals surface area contributed by atoms with E-state index in [0.29, 0.717) is 0 Å². The summed E-state index contributed by atoms with van der Waals surface area (Å²) in [5, 5.41) is 0. The first-order valence-electron chi connectivity index (χ1n) is 7.98. The minimum absolute atomic E-state index is 0.190. The maximum atomic E-state index is 6.14. The molecule has 0 unspecified atom stereocenters. The molecule has 1 aromatic carbocycles. The molecule has 3 nitrogen and oxygen atoms in total. The molecule has 0 aliphatic carbocycles. The van der Waals surface area contributed by atoms with Gasteiger partial charge in [-0.1, -0.05) is 30.3 Å². The Balaban J connectivity index is 1.78. The van der Waals surface area contributed by atoms with E-state index in [1.807, 2.05) is 80.6 Å². The molecule has 24 heavy (non-hydrogen) atoms. The van der Waals surface area contributed by atoms with E-state index in [2.05, 4.69) is 0 Å². The molecule has 0 bridgehead atoms. The highest BCUT2D eigenvalue weighted by atomic mass is 16.4. The molecule has 4 aromatic rings. The standard InChI is InChI=1S/C21H18O3/c1-14-8-10-18(22-14)21(19-11-9-15(2)23-19)20-13-12-17(24-20)16-6-4-3-5-7-16/h3-13,21H,1-2H3. The van der Waals surface area contributed by atoms with Crippen molar-refractivity contribution < 1.29 is 13.3 Å². The van der Waals surface area contributed by atoms with E-state index in [-0.39, 0.29) is 5.92 Å². The molecular weight excluding hydrogens is 300 g/mol. The molecule has 0 saturated carbocycles. The molecular formula is C21H18O3. The Hall–Kier alpha value is -2.94. The summed E-state index contributed by atoms with van der Waals surface area (Å²) in [5.41, 5.74) is 1.05. The normalized spacial score (nSPS) is 11.3. The number of rotatable bonds is 4. The van der Waals surface area contributed by atoms with Gasteiger partial charge in [0.15, 0.2) is 0 Å². The number of hydrogen-bond donors (Lipinski definition) is 0. The summed E-state index contributed by atoms with van der Waals surface area (Å²) in [6.07, 6.45) is 0. The average Bonchev–Trinajstić information content (AvgIpc) is 3.32. The monoisotopic (exact) mass is 318 g/mol. The van der Waals surface area contributed by atoms with Gasteiger partial charge in [-0.25, -0.2) is 0 Å². The first-order valence-corrected chi connectivity index (χ1v) is 7.98. The van der Waals surface area contributed by atoms with Crippen molar-refractivity contribution in [3.8, 4) is 11.3 Å². The highest BCUT2D eigenvalue weighted by Gasteiger charge is 2.26. The van der Waals surface area contributed by atoms with Crippen LogP contribution in [-0.2, 0) is 0 Å². The second-order valence-electron chi connectivity index (χ2n) is 5.90. The van der Waals surface area contributed by atoms with E-state index in [1.54, 1.807) is 0 Å². The number of furan rings is 3. The molecule has 3 heteroatoms. The third kappa shape index (κ3) is 2.69. The van der Waals surface area contributed by atoms with Gasteiger partial charge < -0.3 is 13.3 Å². The molecule has 0 aliphatic heterocycles.